The van der Waals surface area contributed by atoms with Crippen molar-refractivity contribution in [2.75, 3.05) is 18.5 Å². The molecule has 0 aliphatic heterocycles. The van der Waals surface area contributed by atoms with Crippen LogP contribution in [0, 0.1) is 11.8 Å². The summed E-state index contributed by atoms with van der Waals surface area (Å²) in [6.45, 7) is 2.63. The van der Waals surface area contributed by atoms with Gasteiger partial charge in [0.2, 0.25) is 5.91 Å². The van der Waals surface area contributed by atoms with Gasteiger partial charge in [0.15, 0.2) is 0 Å². The number of rotatable bonds is 7. The SMILES string of the molecule is CC(CCO)CNC(=O)c1cccc(NC(=O)C2CCCCC2)c1. The van der Waals surface area contributed by atoms with Crippen LogP contribution in [0.2, 0.25) is 0 Å². The largest absolute Gasteiger partial charge is 0.396 e. The van der Waals surface area contributed by atoms with E-state index in [9.17, 15) is 9.59 Å². The Morgan fingerprint density at radius 1 is 1.25 bits per heavy atom. The molecule has 24 heavy (non-hydrogen) atoms. The van der Waals surface area contributed by atoms with Crippen molar-refractivity contribution < 1.29 is 14.7 Å². The monoisotopic (exact) mass is 332 g/mol. The molecule has 1 aliphatic carbocycles. The number of carbonyl (C=O) groups is 2. The maximum Gasteiger partial charge on any atom is 0.251 e. The topological polar surface area (TPSA) is 78.4 Å². The molecule has 132 valence electrons. The molecule has 1 unspecified atom stereocenters. The summed E-state index contributed by atoms with van der Waals surface area (Å²) in [5, 5.41) is 14.7. The van der Waals surface area contributed by atoms with Crippen LogP contribution in [-0.2, 0) is 4.79 Å². The van der Waals surface area contributed by atoms with E-state index in [1.165, 1.54) is 6.42 Å². The third-order valence-electron chi connectivity index (χ3n) is 4.60. The smallest absolute Gasteiger partial charge is 0.251 e. The molecule has 0 heterocycles. The molecule has 1 aromatic carbocycles. The Kier molecular flexibility index (Phi) is 7.25. The Morgan fingerprint density at radius 3 is 2.71 bits per heavy atom. The summed E-state index contributed by atoms with van der Waals surface area (Å²) in [6, 6.07) is 7.05. The molecule has 3 N–H and O–H groups in total. The maximum absolute atomic E-state index is 12.3. The minimum atomic E-state index is -0.159. The van der Waals surface area contributed by atoms with Crippen LogP contribution in [-0.4, -0.2) is 30.1 Å². The van der Waals surface area contributed by atoms with Gasteiger partial charge in [-0.2, -0.15) is 0 Å². The molecule has 5 heteroatoms. The molecule has 1 aliphatic rings. The second kappa shape index (κ2) is 9.42. The third-order valence-corrected chi connectivity index (χ3v) is 4.60. The molecular weight excluding hydrogens is 304 g/mol. The van der Waals surface area contributed by atoms with Crippen LogP contribution in [0.15, 0.2) is 24.3 Å². The van der Waals surface area contributed by atoms with Gasteiger partial charge in [-0.3, -0.25) is 9.59 Å². The first-order valence-corrected chi connectivity index (χ1v) is 8.90. The summed E-state index contributed by atoms with van der Waals surface area (Å²) in [4.78, 5) is 24.5. The molecule has 2 rings (SSSR count). The lowest BCUT2D eigenvalue weighted by atomic mass is 9.88. The molecule has 0 radical (unpaired) electrons. The third kappa shape index (κ3) is 5.64. The average molecular weight is 332 g/mol. The van der Waals surface area contributed by atoms with Crippen molar-refractivity contribution in [3.05, 3.63) is 29.8 Å². The summed E-state index contributed by atoms with van der Waals surface area (Å²) < 4.78 is 0. The van der Waals surface area contributed by atoms with Gasteiger partial charge in [0.1, 0.15) is 0 Å². The highest BCUT2D eigenvalue weighted by molar-refractivity contribution is 5.97. The number of aliphatic hydroxyl groups excluding tert-OH is 1. The number of carbonyl (C=O) groups excluding carboxylic acids is 2. The number of aliphatic hydroxyl groups is 1. The van der Waals surface area contributed by atoms with E-state index in [-0.39, 0.29) is 30.3 Å². The minimum absolute atomic E-state index is 0.0591. The van der Waals surface area contributed by atoms with E-state index in [4.69, 9.17) is 5.11 Å². The Bertz CT molecular complexity index is 553. The first-order valence-electron chi connectivity index (χ1n) is 8.90. The molecule has 1 saturated carbocycles. The second-order valence-electron chi connectivity index (χ2n) is 6.73. The number of benzene rings is 1. The Labute approximate surface area is 143 Å². The van der Waals surface area contributed by atoms with Gasteiger partial charge in [-0.05, 0) is 43.4 Å². The molecule has 5 nitrogen and oxygen atoms in total. The van der Waals surface area contributed by atoms with Crippen molar-refractivity contribution in [1.29, 1.82) is 0 Å². The number of anilines is 1. The van der Waals surface area contributed by atoms with Gasteiger partial charge < -0.3 is 15.7 Å². The summed E-state index contributed by atoms with van der Waals surface area (Å²) in [7, 11) is 0. The van der Waals surface area contributed by atoms with E-state index in [2.05, 4.69) is 10.6 Å². The van der Waals surface area contributed by atoms with Crippen LogP contribution in [0.25, 0.3) is 0 Å². The van der Waals surface area contributed by atoms with E-state index in [0.717, 1.165) is 25.7 Å². The van der Waals surface area contributed by atoms with E-state index in [0.29, 0.717) is 24.2 Å². The fourth-order valence-corrected chi connectivity index (χ4v) is 3.04. The maximum atomic E-state index is 12.3. The standard InChI is InChI=1S/C19H28N2O3/c1-14(10-11-22)13-20-18(23)16-8-5-9-17(12-16)21-19(24)15-6-3-2-4-7-15/h5,8-9,12,14-15,22H,2-4,6-7,10-11,13H2,1H3,(H,20,23)(H,21,24). The lowest BCUT2D eigenvalue weighted by molar-refractivity contribution is -0.120. The average Bonchev–Trinajstić information content (AvgIpc) is 2.61. The summed E-state index contributed by atoms with van der Waals surface area (Å²) in [5.74, 6) is 0.223. The lowest BCUT2D eigenvalue weighted by Gasteiger charge is -2.20. The van der Waals surface area contributed by atoms with Crippen molar-refractivity contribution in [2.45, 2.75) is 45.4 Å². The van der Waals surface area contributed by atoms with Gasteiger partial charge in [0, 0.05) is 30.3 Å². The van der Waals surface area contributed by atoms with Crippen molar-refractivity contribution in [3.63, 3.8) is 0 Å². The van der Waals surface area contributed by atoms with Gasteiger partial charge in [-0.25, -0.2) is 0 Å². The van der Waals surface area contributed by atoms with Crippen LogP contribution in [0.1, 0.15) is 55.8 Å². The molecule has 0 bridgehead atoms. The quantitative estimate of drug-likeness (QED) is 0.718. The van der Waals surface area contributed by atoms with Crippen molar-refractivity contribution in [1.82, 2.24) is 5.32 Å². The Balaban J connectivity index is 1.90. The molecule has 0 aromatic heterocycles. The number of amides is 2. The zero-order valence-electron chi connectivity index (χ0n) is 14.4. The normalized spacial score (nSPS) is 16.4. The lowest BCUT2D eigenvalue weighted by Crippen LogP contribution is -2.29. The van der Waals surface area contributed by atoms with Gasteiger partial charge in [0.25, 0.3) is 5.91 Å². The predicted molar refractivity (Wildman–Crippen MR) is 94.8 cm³/mol. The molecule has 0 saturated heterocycles. The van der Waals surface area contributed by atoms with Gasteiger partial charge >= 0.3 is 0 Å². The van der Waals surface area contributed by atoms with Crippen molar-refractivity contribution in [3.8, 4) is 0 Å². The zero-order valence-corrected chi connectivity index (χ0v) is 14.4. The summed E-state index contributed by atoms with van der Waals surface area (Å²) in [5.41, 5.74) is 1.20. The fourth-order valence-electron chi connectivity index (χ4n) is 3.04. The van der Waals surface area contributed by atoms with Crippen molar-refractivity contribution >= 4 is 17.5 Å². The van der Waals surface area contributed by atoms with E-state index in [1.807, 2.05) is 13.0 Å². The first kappa shape index (κ1) is 18.5. The molecule has 1 fully saturated rings. The molecule has 1 aromatic rings. The van der Waals surface area contributed by atoms with Gasteiger partial charge in [-0.15, -0.1) is 0 Å². The van der Waals surface area contributed by atoms with E-state index in [1.54, 1.807) is 18.2 Å². The highest BCUT2D eigenvalue weighted by Gasteiger charge is 2.21. The summed E-state index contributed by atoms with van der Waals surface area (Å²) >= 11 is 0. The molecule has 2 amide bonds. The number of hydrogen-bond donors (Lipinski definition) is 3. The number of hydrogen-bond acceptors (Lipinski definition) is 3. The van der Waals surface area contributed by atoms with E-state index >= 15 is 0 Å². The highest BCUT2D eigenvalue weighted by atomic mass is 16.3. The van der Waals surface area contributed by atoms with Crippen LogP contribution < -0.4 is 10.6 Å². The van der Waals surface area contributed by atoms with Gasteiger partial charge in [0.05, 0.1) is 0 Å². The Morgan fingerprint density at radius 2 is 2.00 bits per heavy atom. The fraction of sp³-hybridized carbons (Fsp3) is 0.579. The van der Waals surface area contributed by atoms with E-state index < -0.39 is 0 Å². The van der Waals surface area contributed by atoms with Crippen LogP contribution in [0.3, 0.4) is 0 Å². The second-order valence-corrected chi connectivity index (χ2v) is 6.73. The molecule has 0 spiro atoms. The van der Waals surface area contributed by atoms with Crippen LogP contribution in [0.4, 0.5) is 5.69 Å². The number of nitrogens with one attached hydrogen (secondary N) is 2. The molecular formula is C19H28N2O3. The van der Waals surface area contributed by atoms with Gasteiger partial charge in [-0.1, -0.05) is 32.3 Å². The zero-order chi connectivity index (χ0) is 17.4. The Hall–Kier alpha value is -1.88. The summed E-state index contributed by atoms with van der Waals surface area (Å²) in [6.07, 6.45) is 6.02. The highest BCUT2D eigenvalue weighted by Crippen LogP contribution is 2.25. The van der Waals surface area contributed by atoms with Crippen LogP contribution >= 0.6 is 0 Å². The molecule has 1 atom stereocenters. The first-order chi connectivity index (χ1) is 11.6. The predicted octanol–water partition coefficient (Wildman–Crippen LogP) is 2.95. The van der Waals surface area contributed by atoms with Crippen molar-refractivity contribution in [2.24, 2.45) is 11.8 Å². The van der Waals surface area contributed by atoms with Crippen LogP contribution in [0.5, 0.6) is 0 Å². The minimum Gasteiger partial charge on any atom is -0.396 e.